The van der Waals surface area contributed by atoms with Crippen LogP contribution in [0.5, 0.6) is 0 Å². The van der Waals surface area contributed by atoms with Crippen molar-refractivity contribution in [2.45, 2.75) is 82.2 Å². The third kappa shape index (κ3) is 4.59. The fourth-order valence-electron chi connectivity index (χ4n) is 4.57. The molecule has 4 saturated carbocycles. The Morgan fingerprint density at radius 1 is 1.00 bits per heavy atom. The van der Waals surface area contributed by atoms with Gasteiger partial charge in [0.25, 0.3) is 0 Å². The Hall–Kier alpha value is 1.32. The van der Waals surface area contributed by atoms with Crippen LogP contribution in [-0.4, -0.2) is 16.0 Å². The van der Waals surface area contributed by atoms with Gasteiger partial charge in [0.1, 0.15) is 0 Å². The van der Waals surface area contributed by atoms with Crippen LogP contribution < -0.4 is 0 Å². The van der Waals surface area contributed by atoms with E-state index in [-0.39, 0.29) is 0 Å². The van der Waals surface area contributed by atoms with E-state index in [1.54, 1.807) is 0 Å². The van der Waals surface area contributed by atoms with E-state index in [0.29, 0.717) is 5.54 Å². The predicted octanol–water partition coefficient (Wildman–Crippen LogP) is 6.12. The molecule has 0 unspecified atom stereocenters. The number of nitrogens with zero attached hydrogens (tertiary/aromatic N) is 3. The first-order valence-corrected chi connectivity index (χ1v) is 12.4. The topological polar surface area (TPSA) is 13.1 Å². The number of imidazole rings is 1. The number of hydrogen-bond donors (Lipinski definition) is 0. The van der Waals surface area contributed by atoms with Crippen LogP contribution in [0.1, 0.15) is 76.7 Å². The maximum absolute atomic E-state index is 2.46. The molecule has 3 nitrogen and oxygen atoms in total. The molecule has 140 valence electrons. The molecule has 4 fully saturated rings. The largest absolute Gasteiger partial charge is 0.182 e. The summed E-state index contributed by atoms with van der Waals surface area (Å²) in [4.78, 5) is 0. The summed E-state index contributed by atoms with van der Waals surface area (Å²) < 4.78 is 8.39. The molecule has 0 aliphatic heterocycles. The number of rotatable bonds is 2. The molecule has 0 amide bonds. The van der Waals surface area contributed by atoms with Crippen molar-refractivity contribution in [1.29, 1.82) is 0 Å². The normalized spacial score (nSPS) is 30.3. The van der Waals surface area contributed by atoms with Gasteiger partial charge < -0.3 is 0 Å². The second-order valence-electron chi connectivity index (χ2n) is 7.79. The number of halogens is 2. The quantitative estimate of drug-likeness (QED) is 0.264. The second kappa shape index (κ2) is 9.01. The molecule has 4 aliphatic rings. The van der Waals surface area contributed by atoms with Crippen molar-refractivity contribution in [3.05, 3.63) is 16.2 Å². The Morgan fingerprint density at radius 3 is 2.00 bits per heavy atom. The predicted molar refractivity (Wildman–Crippen MR) is 113 cm³/mol. The average Bonchev–Trinajstić information content (AvgIpc) is 2.97. The standard InChI is InChI=1S/C10H16N2.C8H13I2N.Pt/c1-11-7-8-12(9-11)10-5-3-2-4-6-10;9-11(10)8-4-1-7(2-5-8)3-6-8;/h7-8,10H,2-6H2,1H3;7H,1-6H2;. The molecule has 24 heavy (non-hydrogen) atoms. The summed E-state index contributed by atoms with van der Waals surface area (Å²) in [5.74, 6) is 1.09. The van der Waals surface area contributed by atoms with Crippen LogP contribution >= 0.6 is 45.7 Å². The molecule has 1 heterocycles. The number of fused-ring (bicyclic) bond motifs is 3. The molecule has 0 radical (unpaired) electrons. The molecule has 2 bridgehead atoms. The summed E-state index contributed by atoms with van der Waals surface area (Å²) in [6, 6.07) is 0.766. The van der Waals surface area contributed by atoms with Crippen molar-refractivity contribution in [3.63, 3.8) is 0 Å². The summed E-state index contributed by atoms with van der Waals surface area (Å²) in [5.41, 5.74) is 0.593. The zero-order chi connectivity index (χ0) is 17.2. The maximum Gasteiger partial charge on any atom is 0.0408 e. The van der Waals surface area contributed by atoms with E-state index < -0.39 is 0 Å². The van der Waals surface area contributed by atoms with Crippen LogP contribution in [0, 0.1) is 9.72 Å². The van der Waals surface area contributed by atoms with Gasteiger partial charge in [0.2, 0.25) is 0 Å². The molecule has 6 heteroatoms. The van der Waals surface area contributed by atoms with E-state index in [1.807, 2.05) is 0 Å². The van der Waals surface area contributed by atoms with Gasteiger partial charge in [-0.05, 0) is 44.4 Å². The SMILES string of the molecule is Cn1ccn(C2CCCCC2)[c]1=[Pt].IN(I)C12CCC(CC1)CC2. The Labute approximate surface area is 185 Å². The third-order valence-corrected chi connectivity index (χ3v) is 9.73. The molecule has 5 rings (SSSR count). The maximum atomic E-state index is 2.46. The van der Waals surface area contributed by atoms with E-state index in [9.17, 15) is 0 Å². The third-order valence-electron chi connectivity index (χ3n) is 6.30. The molecule has 0 N–H and O–H groups in total. The molecule has 1 aromatic heterocycles. The molecule has 0 spiro atoms. The van der Waals surface area contributed by atoms with Crippen molar-refractivity contribution >= 4 is 45.7 Å². The van der Waals surface area contributed by atoms with E-state index in [1.165, 1.54) is 74.4 Å². The van der Waals surface area contributed by atoms with Gasteiger partial charge in [-0.2, -0.15) is 1.33 Å². The zero-order valence-electron chi connectivity index (χ0n) is 14.5. The number of aryl methyl sites for hydroxylation is 1. The van der Waals surface area contributed by atoms with Crippen LogP contribution in [-0.2, 0) is 26.4 Å². The molecule has 4 aliphatic carbocycles. The van der Waals surface area contributed by atoms with Crippen molar-refractivity contribution in [2.24, 2.45) is 13.0 Å². The van der Waals surface area contributed by atoms with Crippen LogP contribution in [0.2, 0.25) is 0 Å². The molecule has 0 atom stereocenters. The van der Waals surface area contributed by atoms with Crippen LogP contribution in [0.4, 0.5) is 0 Å². The van der Waals surface area contributed by atoms with Gasteiger partial charge in [0.15, 0.2) is 0 Å². The van der Waals surface area contributed by atoms with Crippen molar-refractivity contribution in [3.8, 4) is 0 Å². The summed E-state index contributed by atoms with van der Waals surface area (Å²) in [6.45, 7) is 0. The molecular formula is C18H29I2N3Pt. The Morgan fingerprint density at radius 2 is 1.58 bits per heavy atom. The summed E-state index contributed by atoms with van der Waals surface area (Å²) >= 11 is 7.33. The minimum absolute atomic E-state index is 0.593. The minimum Gasteiger partial charge on any atom is -0.182 e. The summed E-state index contributed by atoms with van der Waals surface area (Å²) in [6.07, 6.45) is 20.2. The number of hydrogen-bond acceptors (Lipinski definition) is 1. The van der Waals surface area contributed by atoms with Crippen molar-refractivity contribution < 1.29 is 19.4 Å². The van der Waals surface area contributed by atoms with E-state index in [4.69, 9.17) is 0 Å². The monoisotopic (exact) mass is 736 g/mol. The van der Waals surface area contributed by atoms with Gasteiger partial charge in [-0.25, -0.2) is 0 Å². The smallest absolute Gasteiger partial charge is 0.0408 e. The molecule has 0 saturated heterocycles. The Balaban J connectivity index is 0.000000143. The average molecular weight is 736 g/mol. The van der Waals surface area contributed by atoms with Crippen molar-refractivity contribution in [1.82, 2.24) is 10.5 Å². The van der Waals surface area contributed by atoms with E-state index in [0.717, 1.165) is 12.0 Å². The van der Waals surface area contributed by atoms with Gasteiger partial charge in [-0.15, -0.1) is 0 Å². The van der Waals surface area contributed by atoms with Gasteiger partial charge in [-0.3, -0.25) is 0 Å². The zero-order valence-corrected chi connectivity index (χ0v) is 21.1. The Kier molecular flexibility index (Phi) is 7.53. The summed E-state index contributed by atoms with van der Waals surface area (Å²) in [7, 11) is 2.11. The first-order chi connectivity index (χ1) is 11.5. The van der Waals surface area contributed by atoms with Gasteiger partial charge in [0.05, 0.1) is 0 Å². The summed E-state index contributed by atoms with van der Waals surface area (Å²) in [5, 5.41) is 0. The van der Waals surface area contributed by atoms with Crippen LogP contribution in [0.15, 0.2) is 12.4 Å². The van der Waals surface area contributed by atoms with Crippen LogP contribution in [0.3, 0.4) is 0 Å². The van der Waals surface area contributed by atoms with Crippen LogP contribution in [0.25, 0.3) is 0 Å². The van der Waals surface area contributed by atoms with Crippen molar-refractivity contribution in [2.75, 3.05) is 0 Å². The number of aromatic nitrogens is 2. The second-order valence-corrected chi connectivity index (χ2v) is 12.6. The van der Waals surface area contributed by atoms with E-state index in [2.05, 4.69) is 95.0 Å². The fraction of sp³-hybridized carbons (Fsp3) is 0.833. The first-order valence-electron chi connectivity index (χ1n) is 9.32. The van der Waals surface area contributed by atoms with E-state index >= 15 is 0 Å². The minimum atomic E-state index is 0.593. The van der Waals surface area contributed by atoms with Gasteiger partial charge in [0, 0.05) is 51.3 Å². The molecule has 0 aromatic carbocycles. The first kappa shape index (κ1) is 20.1. The Bertz CT molecular complexity index is 568. The molecule has 1 aromatic rings. The molecular weight excluding hydrogens is 707 g/mol. The van der Waals surface area contributed by atoms with Gasteiger partial charge >= 0.3 is 89.9 Å². The van der Waals surface area contributed by atoms with Gasteiger partial charge in [-0.1, -0.05) is 0 Å². The fourth-order valence-corrected chi connectivity index (χ4v) is 6.77.